The number of nitrogens with two attached hydrogens (primary N) is 1. The number of rotatable bonds is 2. The maximum Gasteiger partial charge on any atom is 0.283 e. The van der Waals surface area contributed by atoms with Gasteiger partial charge in [-0.05, 0) is 72.1 Å². The first-order chi connectivity index (χ1) is 14.3. The van der Waals surface area contributed by atoms with Crippen LogP contribution in [0.4, 0.5) is 0 Å². The molecule has 1 saturated carbocycles. The second-order valence-corrected chi connectivity index (χ2v) is 8.42. The van der Waals surface area contributed by atoms with Crippen molar-refractivity contribution in [1.29, 1.82) is 0 Å². The van der Waals surface area contributed by atoms with E-state index in [0.717, 1.165) is 47.9 Å². The Labute approximate surface area is 168 Å². The molecule has 28 heavy (non-hydrogen) atoms. The molecular weight excluding hydrogens is 350 g/mol. The van der Waals surface area contributed by atoms with Gasteiger partial charge in [0.25, 0.3) is 6.02 Å². The smallest absolute Gasteiger partial charge is 0.283 e. The lowest BCUT2D eigenvalue weighted by molar-refractivity contribution is -0.0445. The van der Waals surface area contributed by atoms with Crippen LogP contribution in [0.1, 0.15) is 40.1 Å². The van der Waals surface area contributed by atoms with E-state index < -0.39 is 17.5 Å². The molecule has 0 saturated heterocycles. The molecule has 5 nitrogen and oxygen atoms in total. The van der Waals surface area contributed by atoms with Crippen molar-refractivity contribution in [3.05, 3.63) is 53.9 Å². The number of amidine groups is 1. The lowest BCUT2D eigenvalue weighted by Crippen LogP contribution is -2.48. The summed E-state index contributed by atoms with van der Waals surface area (Å²) in [6, 6.07) is 10.2. The van der Waals surface area contributed by atoms with Gasteiger partial charge in [0.05, 0.1) is 8.85 Å². The summed E-state index contributed by atoms with van der Waals surface area (Å²) in [6.45, 7) is 0.172. The molecule has 0 amide bonds. The lowest BCUT2D eigenvalue weighted by Gasteiger charge is -2.47. The molecule has 5 heteroatoms. The first-order valence-electron chi connectivity index (χ1n) is 10.9. The van der Waals surface area contributed by atoms with Crippen LogP contribution in [0.25, 0.3) is 11.1 Å². The molecule has 1 aromatic heterocycles. The van der Waals surface area contributed by atoms with Crippen LogP contribution in [0.5, 0.6) is 0 Å². The van der Waals surface area contributed by atoms with Crippen molar-refractivity contribution in [3.63, 3.8) is 0 Å². The fraction of sp³-hybridized carbons (Fsp3) is 0.478. The highest BCUT2D eigenvalue weighted by atomic mass is 16.5. The van der Waals surface area contributed by atoms with E-state index in [0.29, 0.717) is 5.92 Å². The molecule has 5 rings (SSSR count). The van der Waals surface area contributed by atoms with Gasteiger partial charge in [0.2, 0.25) is 0 Å². The number of fused-ring (bicyclic) bond motifs is 3. The Kier molecular flexibility index (Phi) is 3.50. The highest BCUT2D eigenvalue weighted by molar-refractivity contribution is 5.76. The summed E-state index contributed by atoms with van der Waals surface area (Å²) in [6.07, 6.45) is 6.97. The third-order valence-electron chi connectivity index (χ3n) is 6.95. The number of hydrogen-bond acceptors (Lipinski definition) is 5. The molecule has 2 aliphatic carbocycles. The third-order valence-corrected chi connectivity index (χ3v) is 6.95. The zero-order valence-electron chi connectivity index (χ0n) is 18.3. The van der Waals surface area contributed by atoms with Gasteiger partial charge in [0, 0.05) is 24.9 Å². The Balaban J connectivity index is 1.70. The first-order valence-corrected chi connectivity index (χ1v) is 9.93. The highest BCUT2D eigenvalue weighted by Gasteiger charge is 2.62. The van der Waals surface area contributed by atoms with Crippen molar-refractivity contribution in [3.8, 4) is 11.1 Å². The maximum atomic E-state index is 8.90. The zero-order chi connectivity index (χ0) is 21.1. The van der Waals surface area contributed by atoms with Gasteiger partial charge < -0.3 is 15.2 Å². The van der Waals surface area contributed by atoms with E-state index in [1.807, 2.05) is 12.1 Å². The minimum atomic E-state index is -2.02. The average Bonchev–Trinajstić information content (AvgIpc) is 3.13. The van der Waals surface area contributed by atoms with Crippen molar-refractivity contribution in [2.24, 2.45) is 22.1 Å². The minimum Gasteiger partial charge on any atom is -0.462 e. The van der Waals surface area contributed by atoms with Gasteiger partial charge in [-0.2, -0.15) is 0 Å². The van der Waals surface area contributed by atoms with E-state index in [4.69, 9.17) is 22.9 Å². The standard InChI is InChI=1S/C23H27N3O2/c1-15-12-22(8-5-20(15)27-2)13-18-4-3-17(16-6-9-25-10-7-16)11-19(18)23(22)14-28-21(24)26-23/h3-4,6-7,9-11,15,20H,5,8,12-14H2,1-2H3,(H2,24,26)/t15-,20-,22-,23-/m0/s1/i14D2. The van der Waals surface area contributed by atoms with Crippen LogP contribution < -0.4 is 5.73 Å². The van der Waals surface area contributed by atoms with Gasteiger partial charge >= 0.3 is 0 Å². The number of aromatic nitrogens is 1. The second kappa shape index (κ2) is 6.31. The summed E-state index contributed by atoms with van der Waals surface area (Å²) >= 11 is 0. The van der Waals surface area contributed by atoms with E-state index in [9.17, 15) is 0 Å². The number of ether oxygens (including phenoxy) is 2. The van der Waals surface area contributed by atoms with Crippen LogP contribution in [0, 0.1) is 11.3 Å². The molecular formula is C23H27N3O2. The Bertz CT molecular complexity index is 1010. The highest BCUT2D eigenvalue weighted by Crippen LogP contribution is 2.62. The predicted molar refractivity (Wildman–Crippen MR) is 109 cm³/mol. The predicted octanol–water partition coefficient (Wildman–Crippen LogP) is 3.67. The van der Waals surface area contributed by atoms with Crippen molar-refractivity contribution < 1.29 is 12.2 Å². The molecule has 2 N–H and O–H groups in total. The Hall–Kier alpha value is -2.40. The summed E-state index contributed by atoms with van der Waals surface area (Å²) in [4.78, 5) is 8.86. The topological polar surface area (TPSA) is 69.7 Å². The van der Waals surface area contributed by atoms with Crippen LogP contribution in [-0.4, -0.2) is 30.8 Å². The van der Waals surface area contributed by atoms with Crippen LogP contribution in [-0.2, 0) is 21.4 Å². The van der Waals surface area contributed by atoms with E-state index in [1.54, 1.807) is 19.5 Å². The number of hydrogen-bond donors (Lipinski definition) is 1. The van der Waals surface area contributed by atoms with Crippen molar-refractivity contribution >= 4 is 6.02 Å². The second-order valence-electron chi connectivity index (χ2n) is 8.42. The molecule has 2 heterocycles. The van der Waals surface area contributed by atoms with E-state index in [1.165, 1.54) is 0 Å². The fourth-order valence-corrected chi connectivity index (χ4v) is 5.64. The van der Waals surface area contributed by atoms with Crippen molar-refractivity contribution in [2.75, 3.05) is 13.7 Å². The van der Waals surface area contributed by atoms with Crippen molar-refractivity contribution in [2.45, 2.75) is 44.2 Å². The molecule has 0 bridgehead atoms. The molecule has 4 atom stereocenters. The number of aliphatic imine (C=N–C) groups is 1. The molecule has 1 aliphatic heterocycles. The van der Waals surface area contributed by atoms with E-state index in [2.05, 4.69) is 30.1 Å². The maximum absolute atomic E-state index is 8.90. The van der Waals surface area contributed by atoms with Gasteiger partial charge in [-0.15, -0.1) is 0 Å². The summed E-state index contributed by atoms with van der Waals surface area (Å²) in [5.74, 6) is 0.294. The summed E-state index contributed by atoms with van der Waals surface area (Å²) in [5, 5.41) is 0. The van der Waals surface area contributed by atoms with Gasteiger partial charge in [0.15, 0.2) is 0 Å². The SMILES string of the molecule is [2H]C1([2H])OC(N)=N[C@]12c1cc(-c3ccncc3)ccc1C[C@@]21CC[C@H](OC)[C@@H](C)C1. The number of methoxy groups -OCH3 is 1. The molecule has 2 aromatic rings. The van der Waals surface area contributed by atoms with Crippen molar-refractivity contribution in [1.82, 2.24) is 4.98 Å². The summed E-state index contributed by atoms with van der Waals surface area (Å²) in [5.41, 5.74) is 8.52. The van der Waals surface area contributed by atoms with Crippen LogP contribution in [0.15, 0.2) is 47.7 Å². The third kappa shape index (κ3) is 2.42. The summed E-state index contributed by atoms with van der Waals surface area (Å²) in [7, 11) is 1.76. The minimum absolute atomic E-state index is 0.0666. The van der Waals surface area contributed by atoms with Gasteiger partial charge in [-0.1, -0.05) is 19.1 Å². The summed E-state index contributed by atoms with van der Waals surface area (Å²) < 4.78 is 29.0. The lowest BCUT2D eigenvalue weighted by atomic mass is 9.59. The van der Waals surface area contributed by atoms with Gasteiger partial charge in [-0.25, -0.2) is 4.99 Å². The van der Waals surface area contributed by atoms with Gasteiger partial charge in [-0.3, -0.25) is 4.98 Å². The van der Waals surface area contributed by atoms with E-state index >= 15 is 0 Å². The molecule has 1 aromatic carbocycles. The van der Waals surface area contributed by atoms with Crippen LogP contribution in [0.2, 0.25) is 0 Å². The Morgan fingerprint density at radius 3 is 2.75 bits per heavy atom. The Morgan fingerprint density at radius 2 is 2.07 bits per heavy atom. The quantitative estimate of drug-likeness (QED) is 0.864. The van der Waals surface area contributed by atoms with Crippen LogP contribution in [0.3, 0.4) is 0 Å². The molecule has 2 spiro atoms. The monoisotopic (exact) mass is 379 g/mol. The number of pyridine rings is 1. The fourth-order valence-electron chi connectivity index (χ4n) is 5.64. The van der Waals surface area contributed by atoms with E-state index in [-0.39, 0.29) is 12.1 Å². The number of benzene rings is 1. The zero-order valence-corrected chi connectivity index (χ0v) is 16.3. The first kappa shape index (κ1) is 15.5. The average molecular weight is 380 g/mol. The molecule has 146 valence electrons. The van der Waals surface area contributed by atoms with Gasteiger partial charge in [0.1, 0.15) is 12.1 Å². The number of nitrogens with zero attached hydrogens (tertiary/aromatic N) is 2. The normalized spacial score (nSPS) is 36.6. The molecule has 0 radical (unpaired) electrons. The molecule has 1 fully saturated rings. The molecule has 0 unspecified atom stereocenters. The van der Waals surface area contributed by atoms with Crippen LogP contribution >= 0.6 is 0 Å². The Morgan fingerprint density at radius 1 is 1.25 bits per heavy atom. The molecule has 3 aliphatic rings. The largest absolute Gasteiger partial charge is 0.462 e.